The topological polar surface area (TPSA) is 58.1 Å². The van der Waals surface area contributed by atoms with E-state index in [4.69, 9.17) is 4.98 Å². The zero-order valence-electron chi connectivity index (χ0n) is 16.1. The molecule has 5 nitrogen and oxygen atoms in total. The number of piperidine rings is 1. The molecular formula is C21H23FN4OS. The Morgan fingerprint density at radius 1 is 1.18 bits per heavy atom. The van der Waals surface area contributed by atoms with Crippen LogP contribution < -0.4 is 10.2 Å². The van der Waals surface area contributed by atoms with E-state index < -0.39 is 0 Å². The predicted octanol–water partition coefficient (Wildman–Crippen LogP) is 4.37. The maximum Gasteiger partial charge on any atom is 0.261 e. The molecule has 1 saturated heterocycles. The molecule has 1 N–H and O–H groups in total. The van der Waals surface area contributed by atoms with Crippen molar-refractivity contribution >= 4 is 33.3 Å². The number of halogens is 1. The Kier molecular flexibility index (Phi) is 5.26. The van der Waals surface area contributed by atoms with Crippen molar-refractivity contribution in [2.75, 3.05) is 18.0 Å². The highest BCUT2D eigenvalue weighted by atomic mass is 32.1. The summed E-state index contributed by atoms with van der Waals surface area (Å²) >= 11 is 1.38. The fourth-order valence-corrected chi connectivity index (χ4v) is 4.81. The Hall–Kier alpha value is -2.54. The van der Waals surface area contributed by atoms with E-state index in [-0.39, 0.29) is 18.3 Å². The molecule has 28 heavy (non-hydrogen) atoms. The lowest BCUT2D eigenvalue weighted by atomic mass is 10.1. The first kappa shape index (κ1) is 18.8. The number of anilines is 1. The standard InChI is InChI=1S/C21H23FN4OS/c1-13-17-19(26-10-6-3-7-11-26)24-14(2)25-21(17)28-18(13)20(27)23-12-15-8-4-5-9-16(15)22/h4-5,8-9H,3,6-7,10-12H2,1-2H3,(H,23,27). The van der Waals surface area contributed by atoms with Crippen LogP contribution in [0.1, 0.15) is 45.9 Å². The Bertz CT molecular complexity index is 1030. The highest BCUT2D eigenvalue weighted by Gasteiger charge is 2.23. The highest BCUT2D eigenvalue weighted by Crippen LogP contribution is 2.36. The molecule has 1 aliphatic heterocycles. The van der Waals surface area contributed by atoms with Gasteiger partial charge in [0.05, 0.1) is 10.3 Å². The van der Waals surface area contributed by atoms with Gasteiger partial charge in [-0.2, -0.15) is 0 Å². The molecule has 3 aromatic rings. The minimum atomic E-state index is -0.315. The molecule has 1 amide bonds. The summed E-state index contributed by atoms with van der Waals surface area (Å²) in [6, 6.07) is 6.48. The molecule has 0 radical (unpaired) electrons. The van der Waals surface area contributed by atoms with Crippen LogP contribution >= 0.6 is 11.3 Å². The number of fused-ring (bicyclic) bond motifs is 1. The largest absolute Gasteiger partial charge is 0.356 e. The number of amides is 1. The molecule has 0 unspecified atom stereocenters. The quantitative estimate of drug-likeness (QED) is 0.709. The summed E-state index contributed by atoms with van der Waals surface area (Å²) in [6.07, 6.45) is 3.56. The van der Waals surface area contributed by atoms with Crippen LogP contribution in [-0.2, 0) is 6.54 Å². The third kappa shape index (κ3) is 3.58. The number of hydrogen-bond acceptors (Lipinski definition) is 5. The molecule has 146 valence electrons. The molecule has 0 aliphatic carbocycles. The van der Waals surface area contributed by atoms with Crippen LogP contribution in [0, 0.1) is 19.7 Å². The van der Waals surface area contributed by atoms with Gasteiger partial charge in [-0.25, -0.2) is 14.4 Å². The Morgan fingerprint density at radius 2 is 1.93 bits per heavy atom. The molecule has 3 heterocycles. The van der Waals surface area contributed by atoms with Crippen LogP contribution in [0.3, 0.4) is 0 Å². The van der Waals surface area contributed by atoms with Crippen LogP contribution in [0.25, 0.3) is 10.2 Å². The van der Waals surface area contributed by atoms with Crippen molar-refractivity contribution in [2.24, 2.45) is 0 Å². The lowest BCUT2D eigenvalue weighted by molar-refractivity contribution is 0.0954. The van der Waals surface area contributed by atoms with Crippen LogP contribution in [0.2, 0.25) is 0 Å². The van der Waals surface area contributed by atoms with E-state index in [1.807, 2.05) is 13.8 Å². The molecule has 1 aromatic carbocycles. The molecule has 1 aliphatic rings. The molecule has 7 heteroatoms. The minimum Gasteiger partial charge on any atom is -0.356 e. The normalized spacial score (nSPS) is 14.5. The third-order valence-corrected chi connectivity index (χ3v) is 6.33. The molecule has 2 aromatic heterocycles. The monoisotopic (exact) mass is 398 g/mol. The summed E-state index contributed by atoms with van der Waals surface area (Å²) in [5, 5.41) is 3.81. The second-order valence-corrected chi connectivity index (χ2v) is 8.15. The van der Waals surface area contributed by atoms with Gasteiger partial charge in [0.2, 0.25) is 0 Å². The maximum absolute atomic E-state index is 13.8. The zero-order chi connectivity index (χ0) is 19.7. The van der Waals surface area contributed by atoms with Crippen molar-refractivity contribution in [1.29, 1.82) is 0 Å². The van der Waals surface area contributed by atoms with E-state index in [9.17, 15) is 9.18 Å². The average molecular weight is 399 g/mol. The van der Waals surface area contributed by atoms with Crippen molar-refractivity contribution in [3.63, 3.8) is 0 Å². The summed E-state index contributed by atoms with van der Waals surface area (Å²) in [7, 11) is 0. The lowest BCUT2D eigenvalue weighted by Gasteiger charge is -2.28. The first-order valence-electron chi connectivity index (χ1n) is 9.59. The molecule has 1 fully saturated rings. The van der Waals surface area contributed by atoms with E-state index in [0.29, 0.717) is 16.3 Å². The number of nitrogens with one attached hydrogen (secondary N) is 1. The van der Waals surface area contributed by atoms with Gasteiger partial charge in [0.25, 0.3) is 5.91 Å². The van der Waals surface area contributed by atoms with E-state index >= 15 is 0 Å². The third-order valence-electron chi connectivity index (χ3n) is 5.14. The number of thiophene rings is 1. The molecule has 0 saturated carbocycles. The summed E-state index contributed by atoms with van der Waals surface area (Å²) in [5.74, 6) is 1.13. The van der Waals surface area contributed by atoms with E-state index in [0.717, 1.165) is 47.5 Å². The number of carbonyl (C=O) groups is 1. The van der Waals surface area contributed by atoms with Crippen LogP contribution in [0.4, 0.5) is 10.2 Å². The minimum absolute atomic E-state index is 0.156. The fourth-order valence-electron chi connectivity index (χ4n) is 3.67. The second-order valence-electron chi connectivity index (χ2n) is 7.15. The molecule has 0 bridgehead atoms. The Morgan fingerprint density at radius 3 is 2.68 bits per heavy atom. The van der Waals surface area contributed by atoms with Crippen molar-refractivity contribution in [3.8, 4) is 0 Å². The van der Waals surface area contributed by atoms with Gasteiger partial charge < -0.3 is 10.2 Å². The first-order chi connectivity index (χ1) is 13.5. The Labute approximate surface area is 167 Å². The number of carbonyl (C=O) groups excluding carboxylic acids is 1. The molecule has 4 rings (SSSR count). The number of hydrogen-bond donors (Lipinski definition) is 1. The van der Waals surface area contributed by atoms with Crippen LogP contribution in [0.5, 0.6) is 0 Å². The number of aryl methyl sites for hydroxylation is 2. The van der Waals surface area contributed by atoms with Gasteiger partial charge in [-0.05, 0) is 44.7 Å². The van der Waals surface area contributed by atoms with Crippen molar-refractivity contribution in [3.05, 3.63) is 51.9 Å². The van der Waals surface area contributed by atoms with Crippen LogP contribution in [0.15, 0.2) is 24.3 Å². The van der Waals surface area contributed by atoms with E-state index in [1.165, 1.54) is 23.8 Å². The average Bonchev–Trinajstić information content (AvgIpc) is 3.03. The van der Waals surface area contributed by atoms with Gasteiger partial charge in [-0.3, -0.25) is 4.79 Å². The molecule has 0 spiro atoms. The SMILES string of the molecule is Cc1nc(N2CCCCC2)c2c(C)c(C(=O)NCc3ccccc3F)sc2n1. The molecule has 0 atom stereocenters. The van der Waals surface area contributed by atoms with Gasteiger partial charge >= 0.3 is 0 Å². The summed E-state index contributed by atoms with van der Waals surface area (Å²) in [4.78, 5) is 25.8. The summed E-state index contributed by atoms with van der Waals surface area (Å²) < 4.78 is 13.8. The number of benzene rings is 1. The fraction of sp³-hybridized carbons (Fsp3) is 0.381. The smallest absolute Gasteiger partial charge is 0.261 e. The number of nitrogens with zero attached hydrogens (tertiary/aromatic N) is 3. The van der Waals surface area contributed by atoms with Crippen molar-refractivity contribution in [2.45, 2.75) is 39.7 Å². The second kappa shape index (κ2) is 7.83. The predicted molar refractivity (Wildman–Crippen MR) is 111 cm³/mol. The molecular weight excluding hydrogens is 375 g/mol. The van der Waals surface area contributed by atoms with E-state index in [2.05, 4.69) is 15.2 Å². The van der Waals surface area contributed by atoms with Gasteiger partial charge in [-0.15, -0.1) is 11.3 Å². The van der Waals surface area contributed by atoms with Gasteiger partial charge in [0, 0.05) is 25.2 Å². The maximum atomic E-state index is 13.8. The highest BCUT2D eigenvalue weighted by molar-refractivity contribution is 7.20. The summed E-state index contributed by atoms with van der Waals surface area (Å²) in [6.45, 7) is 5.96. The van der Waals surface area contributed by atoms with Crippen LogP contribution in [-0.4, -0.2) is 29.0 Å². The zero-order valence-corrected chi connectivity index (χ0v) is 16.9. The van der Waals surface area contributed by atoms with Gasteiger partial charge in [0.15, 0.2) is 0 Å². The first-order valence-corrected chi connectivity index (χ1v) is 10.4. The van der Waals surface area contributed by atoms with Gasteiger partial charge in [-0.1, -0.05) is 18.2 Å². The van der Waals surface area contributed by atoms with Gasteiger partial charge in [0.1, 0.15) is 22.3 Å². The Balaban J connectivity index is 1.65. The number of rotatable bonds is 4. The summed E-state index contributed by atoms with van der Waals surface area (Å²) in [5.41, 5.74) is 1.37. The lowest BCUT2D eigenvalue weighted by Crippen LogP contribution is -2.30. The van der Waals surface area contributed by atoms with Crippen molar-refractivity contribution < 1.29 is 9.18 Å². The van der Waals surface area contributed by atoms with Crippen molar-refractivity contribution in [1.82, 2.24) is 15.3 Å². The number of aromatic nitrogens is 2. The van der Waals surface area contributed by atoms with E-state index in [1.54, 1.807) is 18.2 Å².